The average Bonchev–Trinajstić information content (AvgIpc) is 2.77. The standard InChI is InChI=1S/C25H22BrFN2O2/c26-19-11-12-20(21(27)15-19)24(16-6-2-1-3-7-16)29-23(30)13-10-18-14-17-8-4-5-9-22(17)28-25(18)31/h1-9,11-12,15,18,24H,10,13-14H2,(H,28,31)(H,29,30). The van der Waals surface area contributed by atoms with Crippen LogP contribution < -0.4 is 10.6 Å². The van der Waals surface area contributed by atoms with Gasteiger partial charge in [-0.05, 0) is 42.2 Å². The Labute approximate surface area is 189 Å². The number of amides is 2. The van der Waals surface area contributed by atoms with Crippen LogP contribution in [0.5, 0.6) is 0 Å². The molecule has 0 fully saturated rings. The molecule has 1 heterocycles. The van der Waals surface area contributed by atoms with E-state index in [2.05, 4.69) is 26.6 Å². The molecule has 0 saturated heterocycles. The zero-order valence-corrected chi connectivity index (χ0v) is 18.4. The molecule has 2 N–H and O–H groups in total. The van der Waals surface area contributed by atoms with Crippen LogP contribution >= 0.6 is 15.9 Å². The van der Waals surface area contributed by atoms with E-state index in [-0.39, 0.29) is 24.2 Å². The first-order valence-electron chi connectivity index (χ1n) is 10.2. The summed E-state index contributed by atoms with van der Waals surface area (Å²) >= 11 is 3.27. The van der Waals surface area contributed by atoms with Crippen molar-refractivity contribution in [3.05, 3.63) is 99.8 Å². The molecule has 4 nitrogen and oxygen atoms in total. The van der Waals surface area contributed by atoms with E-state index in [1.807, 2.05) is 54.6 Å². The molecule has 2 amide bonds. The van der Waals surface area contributed by atoms with Crippen LogP contribution in [0.25, 0.3) is 0 Å². The van der Waals surface area contributed by atoms with Crippen molar-refractivity contribution < 1.29 is 14.0 Å². The van der Waals surface area contributed by atoms with Gasteiger partial charge in [-0.2, -0.15) is 0 Å². The Kier molecular flexibility index (Phi) is 6.47. The number of carbonyl (C=O) groups excluding carboxylic acids is 2. The number of anilines is 1. The normalized spacial score (nSPS) is 16.2. The van der Waals surface area contributed by atoms with Crippen LogP contribution in [-0.2, 0) is 16.0 Å². The summed E-state index contributed by atoms with van der Waals surface area (Å²) in [7, 11) is 0. The third-order valence-electron chi connectivity index (χ3n) is 5.54. The molecule has 6 heteroatoms. The number of rotatable bonds is 6. The Hall–Kier alpha value is -2.99. The molecular weight excluding hydrogens is 459 g/mol. The van der Waals surface area contributed by atoms with Crippen LogP contribution in [0.4, 0.5) is 10.1 Å². The molecule has 0 radical (unpaired) electrons. The van der Waals surface area contributed by atoms with Crippen LogP contribution in [0.15, 0.2) is 77.3 Å². The molecular formula is C25H22BrFN2O2. The smallest absolute Gasteiger partial charge is 0.227 e. The van der Waals surface area contributed by atoms with E-state index in [1.54, 1.807) is 12.1 Å². The summed E-state index contributed by atoms with van der Waals surface area (Å²) in [6.45, 7) is 0. The highest BCUT2D eigenvalue weighted by molar-refractivity contribution is 9.10. The molecule has 31 heavy (non-hydrogen) atoms. The maximum Gasteiger partial charge on any atom is 0.227 e. The van der Waals surface area contributed by atoms with Crippen LogP contribution in [0.1, 0.15) is 35.6 Å². The maximum absolute atomic E-state index is 14.7. The first-order chi connectivity index (χ1) is 15.0. The number of hydrogen-bond donors (Lipinski definition) is 2. The van der Waals surface area contributed by atoms with E-state index < -0.39 is 11.9 Å². The van der Waals surface area contributed by atoms with Crippen molar-refractivity contribution in [2.45, 2.75) is 25.3 Å². The molecule has 2 atom stereocenters. The Bertz CT molecular complexity index is 1100. The third-order valence-corrected chi connectivity index (χ3v) is 6.04. The van der Waals surface area contributed by atoms with Crippen molar-refractivity contribution >= 4 is 33.4 Å². The topological polar surface area (TPSA) is 58.2 Å². The van der Waals surface area contributed by atoms with E-state index in [0.29, 0.717) is 22.9 Å². The summed E-state index contributed by atoms with van der Waals surface area (Å²) in [5.74, 6) is -0.945. The summed E-state index contributed by atoms with van der Waals surface area (Å²) in [6.07, 6.45) is 1.22. The number of para-hydroxylation sites is 1. The van der Waals surface area contributed by atoms with Gasteiger partial charge in [0.1, 0.15) is 5.82 Å². The second-order valence-corrected chi connectivity index (χ2v) is 8.58. The van der Waals surface area contributed by atoms with Gasteiger partial charge in [0.15, 0.2) is 0 Å². The monoisotopic (exact) mass is 480 g/mol. The summed E-state index contributed by atoms with van der Waals surface area (Å²) in [4.78, 5) is 25.2. The molecule has 2 unspecified atom stereocenters. The molecule has 1 aliphatic rings. The van der Waals surface area contributed by atoms with Gasteiger partial charge in [0, 0.05) is 28.1 Å². The zero-order valence-electron chi connectivity index (χ0n) is 16.8. The van der Waals surface area contributed by atoms with E-state index in [4.69, 9.17) is 0 Å². The van der Waals surface area contributed by atoms with Gasteiger partial charge in [-0.3, -0.25) is 9.59 Å². The minimum absolute atomic E-state index is 0.0648. The first kappa shape index (κ1) is 21.2. The lowest BCUT2D eigenvalue weighted by molar-refractivity contribution is -0.123. The molecule has 0 saturated carbocycles. The fourth-order valence-electron chi connectivity index (χ4n) is 3.91. The number of benzene rings is 3. The number of carbonyl (C=O) groups is 2. The van der Waals surface area contributed by atoms with Crippen molar-refractivity contribution in [2.24, 2.45) is 5.92 Å². The van der Waals surface area contributed by atoms with Crippen molar-refractivity contribution in [3.63, 3.8) is 0 Å². The number of hydrogen-bond acceptors (Lipinski definition) is 2. The van der Waals surface area contributed by atoms with E-state index in [9.17, 15) is 14.0 Å². The molecule has 4 rings (SSSR count). The van der Waals surface area contributed by atoms with Crippen molar-refractivity contribution in [3.8, 4) is 0 Å². The minimum Gasteiger partial charge on any atom is -0.345 e. The Morgan fingerprint density at radius 1 is 1.10 bits per heavy atom. The summed E-state index contributed by atoms with van der Waals surface area (Å²) in [6, 6.07) is 21.2. The maximum atomic E-state index is 14.7. The Morgan fingerprint density at radius 2 is 1.84 bits per heavy atom. The van der Waals surface area contributed by atoms with Crippen LogP contribution in [0.3, 0.4) is 0 Å². The lowest BCUT2D eigenvalue weighted by Crippen LogP contribution is -2.33. The molecule has 0 aromatic heterocycles. The van der Waals surface area contributed by atoms with E-state index in [1.165, 1.54) is 6.07 Å². The first-order valence-corrected chi connectivity index (χ1v) is 11.0. The minimum atomic E-state index is -0.609. The predicted molar refractivity (Wildman–Crippen MR) is 122 cm³/mol. The van der Waals surface area contributed by atoms with Gasteiger partial charge in [-0.25, -0.2) is 4.39 Å². The fourth-order valence-corrected chi connectivity index (χ4v) is 4.24. The van der Waals surface area contributed by atoms with Gasteiger partial charge >= 0.3 is 0 Å². The quantitative estimate of drug-likeness (QED) is 0.497. The molecule has 0 aliphatic carbocycles. The number of halogens is 2. The van der Waals surface area contributed by atoms with Gasteiger partial charge in [0.25, 0.3) is 0 Å². The van der Waals surface area contributed by atoms with E-state index >= 15 is 0 Å². The van der Waals surface area contributed by atoms with Crippen molar-refractivity contribution in [1.29, 1.82) is 0 Å². The average molecular weight is 481 g/mol. The molecule has 3 aromatic rings. The highest BCUT2D eigenvalue weighted by Crippen LogP contribution is 2.29. The number of nitrogens with one attached hydrogen (secondary N) is 2. The third kappa shape index (κ3) is 5.02. The largest absolute Gasteiger partial charge is 0.345 e. The Morgan fingerprint density at radius 3 is 2.61 bits per heavy atom. The highest BCUT2D eigenvalue weighted by Gasteiger charge is 2.27. The second kappa shape index (κ2) is 9.43. The summed E-state index contributed by atoms with van der Waals surface area (Å²) < 4.78 is 15.3. The van der Waals surface area contributed by atoms with Crippen LogP contribution in [0.2, 0.25) is 0 Å². The lowest BCUT2D eigenvalue weighted by atomic mass is 9.89. The van der Waals surface area contributed by atoms with Crippen molar-refractivity contribution in [1.82, 2.24) is 5.32 Å². The molecule has 0 spiro atoms. The second-order valence-electron chi connectivity index (χ2n) is 7.66. The Balaban J connectivity index is 1.46. The molecule has 158 valence electrons. The van der Waals surface area contributed by atoms with Crippen LogP contribution in [0, 0.1) is 11.7 Å². The van der Waals surface area contributed by atoms with Gasteiger partial charge in [-0.1, -0.05) is 70.5 Å². The van der Waals surface area contributed by atoms with Gasteiger partial charge in [-0.15, -0.1) is 0 Å². The van der Waals surface area contributed by atoms with Gasteiger partial charge in [0.2, 0.25) is 11.8 Å². The van der Waals surface area contributed by atoms with Crippen molar-refractivity contribution in [2.75, 3.05) is 5.32 Å². The summed E-state index contributed by atoms with van der Waals surface area (Å²) in [5.41, 5.74) is 3.10. The van der Waals surface area contributed by atoms with Gasteiger partial charge < -0.3 is 10.6 Å². The van der Waals surface area contributed by atoms with E-state index in [0.717, 1.165) is 16.8 Å². The highest BCUT2D eigenvalue weighted by atomic mass is 79.9. The fraction of sp³-hybridized carbons (Fsp3) is 0.200. The molecule has 0 bridgehead atoms. The van der Waals surface area contributed by atoms with Gasteiger partial charge in [0.05, 0.1) is 6.04 Å². The lowest BCUT2D eigenvalue weighted by Gasteiger charge is -2.25. The van der Waals surface area contributed by atoms with Crippen LogP contribution in [-0.4, -0.2) is 11.8 Å². The number of fused-ring (bicyclic) bond motifs is 1. The SMILES string of the molecule is O=C(CCC1Cc2ccccc2NC1=O)NC(c1ccccc1)c1ccc(Br)cc1F. The predicted octanol–water partition coefficient (Wildman–Crippen LogP) is 5.39. The molecule has 1 aliphatic heterocycles. The molecule has 3 aromatic carbocycles. The zero-order chi connectivity index (χ0) is 21.8. The summed E-state index contributed by atoms with van der Waals surface area (Å²) in [5, 5.41) is 5.87.